The zero-order valence-corrected chi connectivity index (χ0v) is 30.7. The number of amides is 1. The number of hydrogen-bond acceptors (Lipinski definition) is 9. The maximum absolute atomic E-state index is 13.8. The number of nitrogens with one attached hydrogen (secondary N) is 2. The summed E-state index contributed by atoms with van der Waals surface area (Å²) in [5.74, 6) is 0.653. The first-order valence-corrected chi connectivity index (χ1v) is 18.6. The predicted octanol–water partition coefficient (Wildman–Crippen LogP) is 5.91. The molecule has 50 heavy (non-hydrogen) atoms. The number of hydrogen-bond donors (Lipinski definition) is 2. The van der Waals surface area contributed by atoms with E-state index in [0.29, 0.717) is 44.6 Å². The van der Waals surface area contributed by atoms with E-state index in [4.69, 9.17) is 25.8 Å². The molecule has 0 aliphatic heterocycles. The number of methoxy groups -OCH3 is 3. The molecule has 0 saturated carbocycles. The molecule has 0 bridgehead atoms. The molecule has 12 nitrogen and oxygen atoms in total. The summed E-state index contributed by atoms with van der Waals surface area (Å²) in [6.45, 7) is 4.64. The first-order valence-electron chi connectivity index (χ1n) is 15.3. The number of benzene rings is 3. The number of ether oxygens (including phenoxy) is 3. The van der Waals surface area contributed by atoms with Gasteiger partial charge in [0.05, 0.1) is 49.3 Å². The average molecular weight is 741 g/mol. The SMILES string of the molecule is COc1ccc(CNS(=O)(=O)c2cc(NC(=O)Cc3ccccc3Cl)cc(-c3cnc4cc(OC)c(S(=O)(=O)C(C)(C)C)cn34)c2)c(OC)c1. The summed E-state index contributed by atoms with van der Waals surface area (Å²) >= 11 is 6.28. The van der Waals surface area contributed by atoms with E-state index in [1.165, 1.54) is 56.3 Å². The van der Waals surface area contributed by atoms with E-state index in [2.05, 4.69) is 15.0 Å². The summed E-state index contributed by atoms with van der Waals surface area (Å²) in [6, 6.07) is 17.8. The van der Waals surface area contributed by atoms with Gasteiger partial charge in [0, 0.05) is 46.7 Å². The molecule has 0 saturated heterocycles. The lowest BCUT2D eigenvalue weighted by Gasteiger charge is -2.21. The fourth-order valence-corrected chi connectivity index (χ4v) is 7.73. The molecule has 2 aromatic heterocycles. The van der Waals surface area contributed by atoms with E-state index < -0.39 is 30.5 Å². The number of imidazole rings is 1. The van der Waals surface area contributed by atoms with Gasteiger partial charge in [-0.3, -0.25) is 9.20 Å². The average Bonchev–Trinajstić information content (AvgIpc) is 3.50. The number of rotatable bonds is 12. The number of sulfonamides is 1. The van der Waals surface area contributed by atoms with Crippen molar-refractivity contribution in [1.29, 1.82) is 0 Å². The molecule has 2 heterocycles. The monoisotopic (exact) mass is 740 g/mol. The Balaban J connectivity index is 1.60. The van der Waals surface area contributed by atoms with Crippen LogP contribution in [0.4, 0.5) is 5.69 Å². The summed E-state index contributed by atoms with van der Waals surface area (Å²) < 4.78 is 73.9. The van der Waals surface area contributed by atoms with E-state index in [0.717, 1.165) is 0 Å². The Kier molecular flexibility index (Phi) is 10.5. The van der Waals surface area contributed by atoms with E-state index in [9.17, 15) is 21.6 Å². The number of carbonyl (C=O) groups excluding carboxylic acids is 1. The van der Waals surface area contributed by atoms with E-state index in [1.807, 2.05) is 0 Å². The van der Waals surface area contributed by atoms with Gasteiger partial charge in [-0.25, -0.2) is 26.5 Å². The predicted molar refractivity (Wildman–Crippen MR) is 191 cm³/mol. The fourth-order valence-electron chi connectivity index (χ4n) is 5.14. The third-order valence-corrected chi connectivity index (χ3v) is 12.2. The number of sulfone groups is 1. The van der Waals surface area contributed by atoms with Crippen molar-refractivity contribution >= 4 is 48.7 Å². The van der Waals surface area contributed by atoms with Crippen LogP contribution in [0.25, 0.3) is 16.9 Å². The molecule has 3 aromatic carbocycles. The van der Waals surface area contributed by atoms with Gasteiger partial charge < -0.3 is 19.5 Å². The van der Waals surface area contributed by atoms with Crippen LogP contribution in [0.2, 0.25) is 5.02 Å². The van der Waals surface area contributed by atoms with Gasteiger partial charge in [-0.15, -0.1) is 0 Å². The fraction of sp³-hybridized carbons (Fsp3) is 0.257. The number of carbonyl (C=O) groups is 1. The van der Waals surface area contributed by atoms with Gasteiger partial charge in [0.1, 0.15) is 27.8 Å². The van der Waals surface area contributed by atoms with Crippen LogP contribution in [-0.4, -0.2) is 58.2 Å². The largest absolute Gasteiger partial charge is 0.497 e. The minimum Gasteiger partial charge on any atom is -0.497 e. The minimum absolute atomic E-state index is 0.0635. The lowest BCUT2D eigenvalue weighted by molar-refractivity contribution is -0.115. The Morgan fingerprint density at radius 1 is 0.880 bits per heavy atom. The molecule has 264 valence electrons. The Bertz CT molecular complexity index is 2300. The van der Waals surface area contributed by atoms with Crippen LogP contribution < -0.4 is 24.2 Å². The third-order valence-electron chi connectivity index (χ3n) is 7.94. The number of fused-ring (bicyclic) bond motifs is 1. The van der Waals surface area contributed by atoms with Crippen LogP contribution in [-0.2, 0) is 37.6 Å². The van der Waals surface area contributed by atoms with Crippen LogP contribution in [0.1, 0.15) is 31.9 Å². The van der Waals surface area contributed by atoms with Crippen LogP contribution in [0.3, 0.4) is 0 Å². The number of pyridine rings is 1. The number of aromatic nitrogens is 2. The molecule has 0 radical (unpaired) electrons. The smallest absolute Gasteiger partial charge is 0.240 e. The quantitative estimate of drug-likeness (QED) is 0.159. The van der Waals surface area contributed by atoms with Gasteiger partial charge >= 0.3 is 0 Å². The highest BCUT2D eigenvalue weighted by Crippen LogP contribution is 2.35. The van der Waals surface area contributed by atoms with Crippen molar-refractivity contribution in [3.63, 3.8) is 0 Å². The first-order chi connectivity index (χ1) is 23.6. The summed E-state index contributed by atoms with van der Waals surface area (Å²) in [6.07, 6.45) is 2.83. The van der Waals surface area contributed by atoms with Gasteiger partial charge in [-0.05, 0) is 56.7 Å². The van der Waals surface area contributed by atoms with Crippen LogP contribution in [0.15, 0.2) is 88.9 Å². The van der Waals surface area contributed by atoms with Gasteiger partial charge in [0.2, 0.25) is 15.9 Å². The standard InChI is InChI=1S/C35H37ClN4O8S2/c1-35(2,3)49(42,43)32-21-40-29(20-37-33(40)18-31(32)48-6)24-13-25(39-34(41)15-22-9-7-8-10-28(22)36)16-27(14-24)50(44,45)38-19-23-11-12-26(46-4)17-30(23)47-5/h7-14,16-18,20-21,38H,15,19H2,1-6H3,(H,39,41). The zero-order valence-electron chi connectivity index (χ0n) is 28.3. The first kappa shape index (κ1) is 36.6. The van der Waals surface area contributed by atoms with E-state index in [1.54, 1.807) is 69.3 Å². The molecule has 0 atom stereocenters. The van der Waals surface area contributed by atoms with Crippen LogP contribution >= 0.6 is 11.6 Å². The van der Waals surface area contributed by atoms with Gasteiger partial charge in [-0.1, -0.05) is 35.9 Å². The second kappa shape index (κ2) is 14.3. The highest BCUT2D eigenvalue weighted by Gasteiger charge is 2.34. The van der Waals surface area contributed by atoms with Crippen molar-refractivity contribution in [3.8, 4) is 28.5 Å². The van der Waals surface area contributed by atoms with Crippen molar-refractivity contribution < 1.29 is 35.8 Å². The van der Waals surface area contributed by atoms with Gasteiger partial charge in [0.15, 0.2) is 9.84 Å². The van der Waals surface area contributed by atoms with Crippen LogP contribution in [0.5, 0.6) is 17.2 Å². The van der Waals surface area contributed by atoms with Crippen LogP contribution in [0, 0.1) is 0 Å². The molecule has 5 aromatic rings. The maximum Gasteiger partial charge on any atom is 0.240 e. The summed E-state index contributed by atoms with van der Waals surface area (Å²) in [5.41, 5.74) is 2.38. The van der Waals surface area contributed by atoms with Gasteiger partial charge in [0.25, 0.3) is 0 Å². The second-order valence-corrected chi connectivity index (χ2v) is 17.1. The molecule has 0 fully saturated rings. The molecule has 1 amide bonds. The summed E-state index contributed by atoms with van der Waals surface area (Å²) in [4.78, 5) is 17.4. The van der Waals surface area contributed by atoms with Crippen molar-refractivity contribution in [2.75, 3.05) is 26.6 Å². The molecule has 0 unspecified atom stereocenters. The Morgan fingerprint density at radius 2 is 1.60 bits per heavy atom. The second-order valence-electron chi connectivity index (χ2n) is 12.3. The highest BCUT2D eigenvalue weighted by atomic mass is 35.5. The van der Waals surface area contributed by atoms with Gasteiger partial charge in [-0.2, -0.15) is 0 Å². The van der Waals surface area contributed by atoms with E-state index in [-0.39, 0.29) is 34.2 Å². The lowest BCUT2D eigenvalue weighted by atomic mass is 10.1. The molecule has 0 spiro atoms. The summed E-state index contributed by atoms with van der Waals surface area (Å²) in [7, 11) is -3.74. The van der Waals surface area contributed by atoms with Crippen molar-refractivity contribution in [2.45, 2.75) is 48.3 Å². The van der Waals surface area contributed by atoms with Crippen molar-refractivity contribution in [2.24, 2.45) is 0 Å². The van der Waals surface area contributed by atoms with Crippen molar-refractivity contribution in [1.82, 2.24) is 14.1 Å². The Hall–Kier alpha value is -4.63. The third kappa shape index (κ3) is 7.58. The number of halogens is 1. The molecule has 2 N–H and O–H groups in total. The summed E-state index contributed by atoms with van der Waals surface area (Å²) in [5, 5.41) is 3.21. The zero-order chi connectivity index (χ0) is 36.4. The Labute approximate surface area is 296 Å². The molecule has 15 heteroatoms. The molecule has 5 rings (SSSR count). The Morgan fingerprint density at radius 3 is 2.26 bits per heavy atom. The number of anilines is 1. The molecule has 0 aliphatic rings. The highest BCUT2D eigenvalue weighted by molar-refractivity contribution is 7.92. The molecule has 0 aliphatic carbocycles. The van der Waals surface area contributed by atoms with Crippen molar-refractivity contribution in [3.05, 3.63) is 95.3 Å². The molecular weight excluding hydrogens is 704 g/mol. The number of nitrogens with zero attached hydrogens (tertiary/aromatic N) is 2. The van der Waals surface area contributed by atoms with E-state index >= 15 is 0 Å². The minimum atomic E-state index is -4.21. The maximum atomic E-state index is 13.8. The molecular formula is C35H37ClN4O8S2. The normalized spacial score (nSPS) is 12.1. The topological polar surface area (TPSA) is 154 Å². The lowest BCUT2D eigenvalue weighted by Crippen LogP contribution is -2.28.